The van der Waals surface area contributed by atoms with Gasteiger partial charge in [-0.1, -0.05) is 123 Å². The summed E-state index contributed by atoms with van der Waals surface area (Å²) >= 11 is 1.87. The zero-order valence-corrected chi connectivity index (χ0v) is 27.1. The van der Waals surface area contributed by atoms with Gasteiger partial charge in [-0.05, 0) is 91.6 Å². The van der Waals surface area contributed by atoms with Gasteiger partial charge in [0.05, 0.1) is 5.69 Å². The minimum atomic E-state index is -0.0945. The molecule has 222 valence electrons. The Morgan fingerprint density at radius 2 is 1.06 bits per heavy atom. The maximum Gasteiger partial charge on any atom is 0.0546 e. The predicted molar refractivity (Wildman–Crippen MR) is 204 cm³/mol. The van der Waals surface area contributed by atoms with Gasteiger partial charge < -0.3 is 4.90 Å². The van der Waals surface area contributed by atoms with Crippen LogP contribution in [0.2, 0.25) is 0 Å². The summed E-state index contributed by atoms with van der Waals surface area (Å²) < 4.78 is 2.64. The van der Waals surface area contributed by atoms with Crippen molar-refractivity contribution in [2.75, 3.05) is 4.90 Å². The number of hydrogen-bond acceptors (Lipinski definition) is 2. The van der Waals surface area contributed by atoms with Crippen LogP contribution in [0.1, 0.15) is 25.0 Å². The van der Waals surface area contributed by atoms with E-state index in [-0.39, 0.29) is 5.41 Å². The van der Waals surface area contributed by atoms with E-state index in [1.807, 2.05) is 11.3 Å². The van der Waals surface area contributed by atoms with E-state index in [0.717, 1.165) is 0 Å². The lowest BCUT2D eigenvalue weighted by atomic mass is 9.82. The molecule has 1 heterocycles. The largest absolute Gasteiger partial charge is 0.310 e. The van der Waals surface area contributed by atoms with Crippen molar-refractivity contribution in [1.29, 1.82) is 0 Å². The number of hydrogen-bond donors (Lipinski definition) is 0. The molecule has 0 fully saturated rings. The van der Waals surface area contributed by atoms with Crippen molar-refractivity contribution in [2.24, 2.45) is 0 Å². The van der Waals surface area contributed by atoms with Crippen molar-refractivity contribution in [2.45, 2.75) is 19.3 Å². The molecule has 1 nitrogen and oxygen atoms in total. The second kappa shape index (κ2) is 9.78. The third kappa shape index (κ3) is 3.83. The zero-order chi connectivity index (χ0) is 31.3. The number of benzene rings is 8. The molecule has 0 N–H and O–H groups in total. The molecule has 2 heteroatoms. The molecule has 0 aliphatic heterocycles. The maximum absolute atomic E-state index is 2.51. The maximum atomic E-state index is 2.51. The highest BCUT2D eigenvalue weighted by molar-refractivity contribution is 7.25. The minimum absolute atomic E-state index is 0.0945. The highest BCUT2D eigenvalue weighted by Crippen LogP contribution is 2.52. The Morgan fingerprint density at radius 1 is 0.426 bits per heavy atom. The van der Waals surface area contributed by atoms with E-state index in [0.29, 0.717) is 0 Å². The van der Waals surface area contributed by atoms with E-state index in [2.05, 4.69) is 170 Å². The summed E-state index contributed by atoms with van der Waals surface area (Å²) in [6.45, 7) is 4.74. The van der Waals surface area contributed by atoms with Crippen LogP contribution in [-0.4, -0.2) is 0 Å². The molecule has 1 aliphatic carbocycles. The van der Waals surface area contributed by atoms with Gasteiger partial charge in [-0.3, -0.25) is 0 Å². The molecule has 47 heavy (non-hydrogen) atoms. The Kier molecular flexibility index (Phi) is 5.57. The highest BCUT2D eigenvalue weighted by atomic mass is 32.1. The van der Waals surface area contributed by atoms with Crippen molar-refractivity contribution >= 4 is 80.9 Å². The molecule has 0 atom stereocenters. The van der Waals surface area contributed by atoms with E-state index >= 15 is 0 Å². The molecular formula is C45H31NS. The SMILES string of the molecule is CC1(C)c2ccccc2-c2ccc(N(c3ccc4sc5ccccc5c4c3)c3cc4c5ccccc5ccc4c4ccccc34)cc21. The molecule has 8 aromatic carbocycles. The third-order valence-electron chi connectivity index (χ3n) is 10.4. The van der Waals surface area contributed by atoms with Crippen LogP contribution in [0.25, 0.3) is 63.6 Å². The molecule has 1 aliphatic rings. The van der Waals surface area contributed by atoms with Gasteiger partial charge in [0.2, 0.25) is 0 Å². The second-order valence-corrected chi connectivity index (χ2v) is 14.4. The molecule has 0 bridgehead atoms. The van der Waals surface area contributed by atoms with Gasteiger partial charge in [-0.25, -0.2) is 0 Å². The summed E-state index contributed by atoms with van der Waals surface area (Å²) in [4.78, 5) is 2.51. The normalized spacial score (nSPS) is 13.5. The Hall–Kier alpha value is -5.44. The van der Waals surface area contributed by atoms with Crippen LogP contribution in [0.15, 0.2) is 152 Å². The smallest absolute Gasteiger partial charge is 0.0546 e. The van der Waals surface area contributed by atoms with Gasteiger partial charge in [0.1, 0.15) is 0 Å². The first-order chi connectivity index (χ1) is 23.1. The average molecular weight is 618 g/mol. The zero-order valence-electron chi connectivity index (χ0n) is 26.3. The molecule has 0 radical (unpaired) electrons. The number of thiophene rings is 1. The lowest BCUT2D eigenvalue weighted by molar-refractivity contribution is 0.660. The Balaban J connectivity index is 1.30. The van der Waals surface area contributed by atoms with Crippen molar-refractivity contribution in [3.8, 4) is 11.1 Å². The molecule has 0 saturated heterocycles. The number of nitrogens with zero attached hydrogens (tertiary/aromatic N) is 1. The van der Waals surface area contributed by atoms with Gasteiger partial charge >= 0.3 is 0 Å². The van der Waals surface area contributed by atoms with Crippen molar-refractivity contribution in [3.63, 3.8) is 0 Å². The van der Waals surface area contributed by atoms with E-state index in [4.69, 9.17) is 0 Å². The van der Waals surface area contributed by atoms with Crippen LogP contribution >= 0.6 is 11.3 Å². The first-order valence-corrected chi connectivity index (χ1v) is 17.2. The predicted octanol–water partition coefficient (Wildman–Crippen LogP) is 13.3. The highest BCUT2D eigenvalue weighted by Gasteiger charge is 2.36. The first-order valence-electron chi connectivity index (χ1n) is 16.4. The lowest BCUT2D eigenvalue weighted by Crippen LogP contribution is -2.16. The number of rotatable bonds is 3. The van der Waals surface area contributed by atoms with Crippen LogP contribution < -0.4 is 4.90 Å². The third-order valence-corrected chi connectivity index (χ3v) is 11.6. The Labute approximate surface area is 278 Å². The monoisotopic (exact) mass is 617 g/mol. The van der Waals surface area contributed by atoms with Gasteiger partial charge in [0, 0.05) is 42.3 Å². The average Bonchev–Trinajstić information content (AvgIpc) is 3.60. The van der Waals surface area contributed by atoms with Crippen molar-refractivity contribution in [3.05, 3.63) is 163 Å². The summed E-state index contributed by atoms with van der Waals surface area (Å²) in [6, 6.07) is 56.5. The molecule has 9 aromatic rings. The van der Waals surface area contributed by atoms with Gasteiger partial charge in [0.15, 0.2) is 0 Å². The number of anilines is 3. The van der Waals surface area contributed by atoms with Crippen LogP contribution in [-0.2, 0) is 5.41 Å². The van der Waals surface area contributed by atoms with Crippen molar-refractivity contribution < 1.29 is 0 Å². The molecule has 0 amide bonds. The summed E-state index contributed by atoms with van der Waals surface area (Å²) in [6.07, 6.45) is 0. The van der Waals surface area contributed by atoms with E-state index in [1.165, 1.54) is 91.8 Å². The first kappa shape index (κ1) is 26.7. The van der Waals surface area contributed by atoms with E-state index < -0.39 is 0 Å². The molecule has 1 aromatic heterocycles. The van der Waals surface area contributed by atoms with Crippen LogP contribution in [0.4, 0.5) is 17.1 Å². The number of fused-ring (bicyclic) bond motifs is 11. The Morgan fingerprint density at radius 3 is 1.96 bits per heavy atom. The van der Waals surface area contributed by atoms with Gasteiger partial charge in [0.25, 0.3) is 0 Å². The topological polar surface area (TPSA) is 3.24 Å². The quantitative estimate of drug-likeness (QED) is 0.178. The van der Waals surface area contributed by atoms with Crippen molar-refractivity contribution in [1.82, 2.24) is 0 Å². The molecule has 0 spiro atoms. The minimum Gasteiger partial charge on any atom is -0.310 e. The molecule has 0 saturated carbocycles. The van der Waals surface area contributed by atoms with E-state index in [1.54, 1.807) is 0 Å². The van der Waals surface area contributed by atoms with Gasteiger partial charge in [-0.2, -0.15) is 0 Å². The molecule has 0 unspecified atom stereocenters. The fraction of sp³-hybridized carbons (Fsp3) is 0.0667. The molecular weight excluding hydrogens is 587 g/mol. The van der Waals surface area contributed by atoms with Crippen LogP contribution in [0.3, 0.4) is 0 Å². The molecule has 10 rings (SSSR count). The van der Waals surface area contributed by atoms with Gasteiger partial charge in [-0.15, -0.1) is 11.3 Å². The van der Waals surface area contributed by atoms with Crippen LogP contribution in [0, 0.1) is 0 Å². The lowest BCUT2D eigenvalue weighted by Gasteiger charge is -2.30. The van der Waals surface area contributed by atoms with E-state index in [9.17, 15) is 0 Å². The summed E-state index contributed by atoms with van der Waals surface area (Å²) in [5, 5.41) is 10.2. The summed E-state index contributed by atoms with van der Waals surface area (Å²) in [5.41, 5.74) is 8.89. The van der Waals surface area contributed by atoms with Crippen LogP contribution in [0.5, 0.6) is 0 Å². The fourth-order valence-corrected chi connectivity index (χ4v) is 9.22. The summed E-state index contributed by atoms with van der Waals surface area (Å²) in [5.74, 6) is 0. The standard InChI is InChI=1S/C45H31NS/c1-45(2)40-17-9-7-14-34(40)35-23-20-30(26-41(35)45)46(29-21-24-44-39(25-29)37-16-8-10-18-43(37)47-44)42-27-38-31-12-4-3-11-28(31)19-22-33(38)32-13-5-6-15-36(32)42/h3-27H,1-2H3. The summed E-state index contributed by atoms with van der Waals surface area (Å²) in [7, 11) is 0. The fourth-order valence-electron chi connectivity index (χ4n) is 8.14. The second-order valence-electron chi connectivity index (χ2n) is 13.3. The Bertz CT molecular complexity index is 2730.